The van der Waals surface area contributed by atoms with Crippen molar-refractivity contribution in [2.24, 2.45) is 0 Å². The molecule has 2 amide bonds. The molecule has 0 aliphatic heterocycles. The lowest BCUT2D eigenvalue weighted by molar-refractivity contribution is -0.126. The van der Waals surface area contributed by atoms with Crippen LogP contribution >= 0.6 is 0 Å². The third-order valence-corrected chi connectivity index (χ3v) is 1.06. The fourth-order valence-electron chi connectivity index (χ4n) is 0.611. The maximum Gasteiger partial charge on any atom is 0.414 e. The van der Waals surface area contributed by atoms with Crippen molar-refractivity contribution in [2.75, 3.05) is 6.54 Å². The second kappa shape index (κ2) is 3.87. The van der Waals surface area contributed by atoms with E-state index in [-0.39, 0.29) is 6.54 Å². The molecular formula is C6H11NO3. The van der Waals surface area contributed by atoms with Gasteiger partial charge in [0, 0.05) is 13.5 Å². The number of rotatable bonds is 2. The number of amides is 2. The van der Waals surface area contributed by atoms with E-state index in [4.69, 9.17) is 5.11 Å². The molecule has 0 radical (unpaired) electrons. The quantitative estimate of drug-likeness (QED) is 0.628. The maximum absolute atomic E-state index is 10.5. The number of hydrogen-bond acceptors (Lipinski definition) is 2. The largest absolute Gasteiger partial charge is 0.465 e. The van der Waals surface area contributed by atoms with E-state index in [2.05, 4.69) is 0 Å². The van der Waals surface area contributed by atoms with Gasteiger partial charge in [-0.1, -0.05) is 6.92 Å². The topological polar surface area (TPSA) is 57.6 Å². The van der Waals surface area contributed by atoms with E-state index in [1.54, 1.807) is 0 Å². The summed E-state index contributed by atoms with van der Waals surface area (Å²) in [6.45, 7) is 3.34. The third-order valence-electron chi connectivity index (χ3n) is 1.06. The Kier molecular flexibility index (Phi) is 3.46. The fourth-order valence-corrected chi connectivity index (χ4v) is 0.611. The van der Waals surface area contributed by atoms with Gasteiger partial charge in [0.05, 0.1) is 0 Å². The average molecular weight is 145 g/mol. The van der Waals surface area contributed by atoms with Crippen LogP contribution in [0.3, 0.4) is 0 Å². The van der Waals surface area contributed by atoms with Crippen molar-refractivity contribution in [3.8, 4) is 0 Å². The van der Waals surface area contributed by atoms with Crippen LogP contribution < -0.4 is 0 Å². The Bertz CT molecular complexity index is 130. The minimum atomic E-state index is -1.17. The van der Waals surface area contributed by atoms with E-state index in [9.17, 15) is 9.59 Å². The maximum atomic E-state index is 10.5. The van der Waals surface area contributed by atoms with Crippen LogP contribution in [0.15, 0.2) is 0 Å². The van der Waals surface area contributed by atoms with E-state index in [1.165, 1.54) is 6.92 Å². The molecule has 1 N–H and O–H groups in total. The second-order valence-corrected chi connectivity index (χ2v) is 1.95. The molecule has 58 valence electrons. The molecule has 0 atom stereocenters. The van der Waals surface area contributed by atoms with Crippen LogP contribution in [-0.2, 0) is 4.79 Å². The van der Waals surface area contributed by atoms with E-state index >= 15 is 0 Å². The zero-order valence-corrected chi connectivity index (χ0v) is 6.13. The van der Waals surface area contributed by atoms with E-state index in [0.29, 0.717) is 6.42 Å². The van der Waals surface area contributed by atoms with Crippen molar-refractivity contribution in [1.29, 1.82) is 0 Å². The highest BCUT2D eigenvalue weighted by Crippen LogP contribution is 1.92. The summed E-state index contributed by atoms with van der Waals surface area (Å²) in [5.74, 6) is -0.422. The van der Waals surface area contributed by atoms with Gasteiger partial charge < -0.3 is 5.11 Å². The van der Waals surface area contributed by atoms with E-state index < -0.39 is 12.0 Å². The molecule has 0 unspecified atom stereocenters. The number of hydrogen-bond donors (Lipinski definition) is 1. The fraction of sp³-hybridized carbons (Fsp3) is 0.667. The monoisotopic (exact) mass is 145 g/mol. The Morgan fingerprint density at radius 2 is 2.00 bits per heavy atom. The zero-order valence-electron chi connectivity index (χ0n) is 6.13. The second-order valence-electron chi connectivity index (χ2n) is 1.95. The molecular weight excluding hydrogens is 134 g/mol. The first-order valence-corrected chi connectivity index (χ1v) is 3.10. The summed E-state index contributed by atoms with van der Waals surface area (Å²) < 4.78 is 0. The standard InChI is InChI=1S/C6H11NO3/c1-3-4-7(5(2)8)6(9)10/h3-4H2,1-2H3,(H,9,10). The molecule has 0 rings (SSSR count). The van der Waals surface area contributed by atoms with Gasteiger partial charge in [0.2, 0.25) is 5.91 Å². The third kappa shape index (κ3) is 2.48. The van der Waals surface area contributed by atoms with Gasteiger partial charge >= 0.3 is 6.09 Å². The summed E-state index contributed by atoms with van der Waals surface area (Å²) >= 11 is 0. The highest BCUT2D eigenvalue weighted by Gasteiger charge is 2.13. The van der Waals surface area contributed by atoms with Crippen molar-refractivity contribution in [1.82, 2.24) is 4.90 Å². The first-order chi connectivity index (χ1) is 4.59. The van der Waals surface area contributed by atoms with Gasteiger partial charge in [0.1, 0.15) is 0 Å². The summed E-state index contributed by atoms with van der Waals surface area (Å²) in [5, 5.41) is 8.38. The molecule has 4 nitrogen and oxygen atoms in total. The summed E-state index contributed by atoms with van der Waals surface area (Å²) in [6, 6.07) is 0. The molecule has 0 aromatic heterocycles. The first-order valence-electron chi connectivity index (χ1n) is 3.10. The molecule has 0 fully saturated rings. The number of carbonyl (C=O) groups is 2. The molecule has 0 saturated heterocycles. The van der Waals surface area contributed by atoms with Crippen LogP contribution in [0, 0.1) is 0 Å². The van der Waals surface area contributed by atoms with Gasteiger partial charge in [-0.05, 0) is 6.42 Å². The van der Waals surface area contributed by atoms with E-state index in [0.717, 1.165) is 4.90 Å². The predicted octanol–water partition coefficient (Wildman–Crippen LogP) is 0.923. The Morgan fingerprint density at radius 1 is 1.50 bits per heavy atom. The summed E-state index contributed by atoms with van der Waals surface area (Å²) in [7, 11) is 0. The average Bonchev–Trinajstić information content (AvgIpc) is 1.81. The van der Waals surface area contributed by atoms with Crippen LogP contribution in [-0.4, -0.2) is 28.6 Å². The number of imide groups is 1. The minimum Gasteiger partial charge on any atom is -0.465 e. The first kappa shape index (κ1) is 8.94. The van der Waals surface area contributed by atoms with Gasteiger partial charge in [-0.3, -0.25) is 4.79 Å². The van der Waals surface area contributed by atoms with Crippen molar-refractivity contribution in [3.05, 3.63) is 0 Å². The lowest BCUT2D eigenvalue weighted by Gasteiger charge is -2.12. The number of nitrogens with zero attached hydrogens (tertiary/aromatic N) is 1. The molecule has 0 spiro atoms. The van der Waals surface area contributed by atoms with Gasteiger partial charge in [-0.15, -0.1) is 0 Å². The Hall–Kier alpha value is -1.06. The molecule has 0 aliphatic rings. The molecule has 0 aromatic rings. The highest BCUT2D eigenvalue weighted by molar-refractivity contribution is 5.89. The van der Waals surface area contributed by atoms with Crippen LogP contribution in [0.5, 0.6) is 0 Å². The van der Waals surface area contributed by atoms with Crippen LogP contribution in [0.2, 0.25) is 0 Å². The summed E-state index contributed by atoms with van der Waals surface area (Å²) in [4.78, 5) is 21.5. The molecule has 0 saturated carbocycles. The highest BCUT2D eigenvalue weighted by atomic mass is 16.4. The lowest BCUT2D eigenvalue weighted by Crippen LogP contribution is -2.34. The van der Waals surface area contributed by atoms with Crippen LogP contribution in [0.25, 0.3) is 0 Å². The van der Waals surface area contributed by atoms with Crippen molar-refractivity contribution in [3.63, 3.8) is 0 Å². The lowest BCUT2D eigenvalue weighted by atomic mass is 10.4. The smallest absolute Gasteiger partial charge is 0.414 e. The molecule has 4 heteroatoms. The predicted molar refractivity (Wildman–Crippen MR) is 35.7 cm³/mol. The van der Waals surface area contributed by atoms with Gasteiger partial charge in [-0.25, -0.2) is 9.69 Å². The molecule has 0 heterocycles. The summed E-state index contributed by atoms with van der Waals surface area (Å²) in [5.41, 5.74) is 0. The molecule has 0 bridgehead atoms. The van der Waals surface area contributed by atoms with Crippen LogP contribution in [0.1, 0.15) is 20.3 Å². The van der Waals surface area contributed by atoms with E-state index in [1.807, 2.05) is 6.92 Å². The Morgan fingerprint density at radius 3 is 2.10 bits per heavy atom. The summed E-state index contributed by atoms with van der Waals surface area (Å²) in [6.07, 6.45) is -0.513. The van der Waals surface area contributed by atoms with Gasteiger partial charge in [-0.2, -0.15) is 0 Å². The van der Waals surface area contributed by atoms with Crippen molar-refractivity contribution < 1.29 is 14.7 Å². The van der Waals surface area contributed by atoms with Crippen LogP contribution in [0.4, 0.5) is 4.79 Å². The molecule has 0 aliphatic carbocycles. The van der Waals surface area contributed by atoms with Crippen molar-refractivity contribution >= 4 is 12.0 Å². The molecule has 10 heavy (non-hydrogen) atoms. The Balaban J connectivity index is 3.98. The Labute approximate surface area is 59.4 Å². The number of carboxylic acid groups (broad SMARTS) is 1. The zero-order chi connectivity index (χ0) is 8.15. The van der Waals surface area contributed by atoms with Gasteiger partial charge in [0.25, 0.3) is 0 Å². The van der Waals surface area contributed by atoms with Crippen molar-refractivity contribution in [2.45, 2.75) is 20.3 Å². The van der Waals surface area contributed by atoms with Gasteiger partial charge in [0.15, 0.2) is 0 Å². The molecule has 0 aromatic carbocycles. The number of carbonyl (C=O) groups excluding carboxylic acids is 1. The SMILES string of the molecule is CCCN(C(C)=O)C(=O)O. The minimum absolute atomic E-state index is 0.282. The normalized spacial score (nSPS) is 9.00.